The van der Waals surface area contributed by atoms with Crippen molar-refractivity contribution in [1.29, 1.82) is 0 Å². The van der Waals surface area contributed by atoms with Crippen LogP contribution in [-0.2, 0) is 18.2 Å². The molecule has 2 atom stereocenters. The summed E-state index contributed by atoms with van der Waals surface area (Å²) in [7, 11) is 3.41. The number of fused-ring (bicyclic) bond motifs is 1. The highest BCUT2D eigenvalue weighted by Crippen LogP contribution is 2.25. The Hall–Kier alpha value is -3.36. The van der Waals surface area contributed by atoms with E-state index in [4.69, 9.17) is 16.3 Å². The maximum Gasteiger partial charge on any atom is 0.252 e. The van der Waals surface area contributed by atoms with Gasteiger partial charge in [0, 0.05) is 43.9 Å². The number of hydrogen-bond acceptors (Lipinski definition) is 5. The van der Waals surface area contributed by atoms with Crippen LogP contribution in [0.3, 0.4) is 0 Å². The predicted octanol–water partition coefficient (Wildman–Crippen LogP) is 4.25. The Morgan fingerprint density at radius 3 is 2.76 bits per heavy atom. The molecule has 0 spiro atoms. The zero-order chi connectivity index (χ0) is 23.5. The van der Waals surface area contributed by atoms with Gasteiger partial charge in [-0.05, 0) is 42.8 Å². The van der Waals surface area contributed by atoms with Crippen molar-refractivity contribution >= 4 is 28.4 Å². The molecule has 1 N–H and O–H groups in total. The average Bonchev–Trinajstić information content (AvgIpc) is 3.24. The zero-order valence-electron chi connectivity index (χ0n) is 18.4. The van der Waals surface area contributed by atoms with E-state index in [1.54, 1.807) is 61.6 Å². The maximum absolute atomic E-state index is 14.2. The van der Waals surface area contributed by atoms with Crippen molar-refractivity contribution in [2.45, 2.75) is 25.5 Å². The van der Waals surface area contributed by atoms with Crippen LogP contribution in [0.1, 0.15) is 40.4 Å². The number of amides is 1. The molecule has 170 valence electrons. The van der Waals surface area contributed by atoms with E-state index in [-0.39, 0.29) is 17.0 Å². The third-order valence-corrected chi connectivity index (χ3v) is 5.66. The molecule has 0 fully saturated rings. The van der Waals surface area contributed by atoms with Gasteiger partial charge in [-0.3, -0.25) is 9.48 Å². The van der Waals surface area contributed by atoms with Crippen molar-refractivity contribution in [2.75, 3.05) is 7.11 Å². The highest BCUT2D eigenvalue weighted by atomic mass is 35.5. The number of methoxy groups -OCH3 is 1. The van der Waals surface area contributed by atoms with Gasteiger partial charge in [-0.15, -0.1) is 0 Å². The third-order valence-electron chi connectivity index (χ3n) is 5.35. The maximum atomic E-state index is 14.2. The van der Waals surface area contributed by atoms with Crippen LogP contribution in [0.4, 0.5) is 4.39 Å². The summed E-state index contributed by atoms with van der Waals surface area (Å²) in [6.45, 7) is 1.94. The summed E-state index contributed by atoms with van der Waals surface area (Å²) in [5, 5.41) is 8.19. The fourth-order valence-electron chi connectivity index (χ4n) is 3.46. The Morgan fingerprint density at radius 2 is 2.06 bits per heavy atom. The van der Waals surface area contributed by atoms with E-state index in [0.717, 1.165) is 5.39 Å². The van der Waals surface area contributed by atoms with E-state index in [9.17, 15) is 9.18 Å². The minimum atomic E-state index is -0.662. The number of benzene rings is 2. The first-order chi connectivity index (χ1) is 15.8. The quantitative estimate of drug-likeness (QED) is 0.439. The van der Waals surface area contributed by atoms with Crippen molar-refractivity contribution in [3.8, 4) is 0 Å². The van der Waals surface area contributed by atoms with Crippen LogP contribution in [0.15, 0.2) is 54.9 Å². The van der Waals surface area contributed by atoms with Crippen molar-refractivity contribution in [3.63, 3.8) is 0 Å². The van der Waals surface area contributed by atoms with Crippen LogP contribution in [0.5, 0.6) is 0 Å². The van der Waals surface area contributed by atoms with Gasteiger partial charge in [-0.1, -0.05) is 23.7 Å². The summed E-state index contributed by atoms with van der Waals surface area (Å²) in [5.74, 6) is -0.268. The van der Waals surface area contributed by atoms with Crippen LogP contribution in [0.25, 0.3) is 10.9 Å². The van der Waals surface area contributed by atoms with Gasteiger partial charge >= 0.3 is 0 Å². The molecule has 1 amide bonds. The van der Waals surface area contributed by atoms with Gasteiger partial charge in [0.1, 0.15) is 11.6 Å². The molecule has 2 heterocycles. The van der Waals surface area contributed by atoms with Gasteiger partial charge in [0.05, 0.1) is 28.4 Å². The Morgan fingerprint density at radius 1 is 1.24 bits per heavy atom. The van der Waals surface area contributed by atoms with Gasteiger partial charge < -0.3 is 10.1 Å². The number of carbonyl (C=O) groups excluding carboxylic acids is 1. The average molecular weight is 468 g/mol. The summed E-state index contributed by atoms with van der Waals surface area (Å²) in [6.07, 6.45) is 4.03. The highest BCUT2D eigenvalue weighted by Gasteiger charge is 2.22. The number of hydrogen-bond donors (Lipinski definition) is 1. The first kappa shape index (κ1) is 22.8. The lowest BCUT2D eigenvalue weighted by Crippen LogP contribution is -2.30. The van der Waals surface area contributed by atoms with Crippen LogP contribution in [-0.4, -0.2) is 38.9 Å². The van der Waals surface area contributed by atoms with E-state index in [1.807, 2.05) is 6.92 Å². The first-order valence-electron chi connectivity index (χ1n) is 10.4. The lowest BCUT2D eigenvalue weighted by atomic mass is 10.0. The monoisotopic (exact) mass is 467 g/mol. The Balaban J connectivity index is 1.65. The molecule has 9 heteroatoms. The number of nitrogens with one attached hydrogen (secondary N) is 1. The highest BCUT2D eigenvalue weighted by molar-refractivity contribution is 6.30. The Bertz CT molecular complexity index is 1310. The van der Waals surface area contributed by atoms with E-state index >= 15 is 0 Å². The van der Waals surface area contributed by atoms with Crippen molar-refractivity contribution < 1.29 is 13.9 Å². The first-order valence-corrected chi connectivity index (χ1v) is 10.8. The second-order valence-electron chi connectivity index (χ2n) is 7.80. The van der Waals surface area contributed by atoms with E-state index < -0.39 is 11.9 Å². The molecule has 4 rings (SSSR count). The van der Waals surface area contributed by atoms with E-state index in [0.29, 0.717) is 34.6 Å². The molecule has 2 aromatic carbocycles. The molecule has 0 aliphatic heterocycles. The largest absolute Gasteiger partial charge is 0.381 e. The Labute approximate surface area is 195 Å². The smallest absolute Gasteiger partial charge is 0.252 e. The molecule has 4 aromatic rings. The molecule has 0 aliphatic rings. The molecule has 0 bridgehead atoms. The minimum absolute atomic E-state index is 0.0117. The van der Waals surface area contributed by atoms with Crippen molar-refractivity contribution in [2.24, 2.45) is 7.05 Å². The molecule has 0 saturated carbocycles. The van der Waals surface area contributed by atoms with Gasteiger partial charge in [0.15, 0.2) is 0 Å². The molecule has 0 radical (unpaired) electrons. The van der Waals surface area contributed by atoms with Crippen LogP contribution in [0, 0.1) is 5.82 Å². The molecule has 2 aromatic heterocycles. The molecular weight excluding hydrogens is 445 g/mol. The molecule has 0 saturated heterocycles. The molecule has 33 heavy (non-hydrogen) atoms. The number of halogens is 2. The fourth-order valence-corrected chi connectivity index (χ4v) is 3.58. The lowest BCUT2D eigenvalue weighted by Gasteiger charge is -2.18. The summed E-state index contributed by atoms with van der Waals surface area (Å²) in [4.78, 5) is 22.1. The number of aryl methyl sites for hydroxylation is 1. The lowest BCUT2D eigenvalue weighted by molar-refractivity contribution is 0.0942. The summed E-state index contributed by atoms with van der Waals surface area (Å²) in [6, 6.07) is 10.8. The molecule has 7 nitrogen and oxygen atoms in total. The van der Waals surface area contributed by atoms with Crippen LogP contribution < -0.4 is 5.32 Å². The molecular formula is C24H23ClFN5O2. The summed E-state index contributed by atoms with van der Waals surface area (Å²) in [5.41, 5.74) is 2.18. The number of nitrogens with zero attached hydrogens (tertiary/aromatic N) is 4. The SMILES string of the molecule is COC(C)Cc1ncc2ccc(C(=O)NC(c3ccc(Cl)c(F)c3)c3ccn(C)n3)cc2n1. The second kappa shape index (κ2) is 9.64. The number of aromatic nitrogens is 4. The van der Waals surface area contributed by atoms with Gasteiger partial charge in [-0.25, -0.2) is 14.4 Å². The second-order valence-corrected chi connectivity index (χ2v) is 8.21. The normalized spacial score (nSPS) is 13.1. The molecule has 0 aliphatic carbocycles. The summed E-state index contributed by atoms with van der Waals surface area (Å²) < 4.78 is 21.1. The van der Waals surface area contributed by atoms with Gasteiger partial charge in [-0.2, -0.15) is 5.10 Å². The number of carbonyl (C=O) groups is 1. The zero-order valence-corrected chi connectivity index (χ0v) is 19.2. The topological polar surface area (TPSA) is 81.9 Å². The van der Waals surface area contributed by atoms with Crippen LogP contribution in [0.2, 0.25) is 5.02 Å². The van der Waals surface area contributed by atoms with E-state index in [2.05, 4.69) is 20.4 Å². The summed E-state index contributed by atoms with van der Waals surface area (Å²) >= 11 is 5.84. The van der Waals surface area contributed by atoms with E-state index in [1.165, 1.54) is 12.1 Å². The number of rotatable bonds is 7. The third kappa shape index (κ3) is 5.18. The van der Waals surface area contributed by atoms with Crippen molar-refractivity contribution in [3.05, 3.63) is 88.3 Å². The Kier molecular flexibility index (Phi) is 6.67. The van der Waals surface area contributed by atoms with Gasteiger partial charge in [0.25, 0.3) is 5.91 Å². The van der Waals surface area contributed by atoms with Crippen molar-refractivity contribution in [1.82, 2.24) is 25.1 Å². The fraction of sp³-hybridized carbons (Fsp3) is 0.250. The standard InChI is InChI=1S/C24H23ClFN5O2/c1-14(33-3)10-22-27-13-17-5-4-16(12-21(17)28-22)24(32)29-23(20-8-9-31(2)30-20)15-6-7-18(25)19(26)11-15/h4-9,11-14,23H,10H2,1-3H3,(H,29,32). The predicted molar refractivity (Wildman–Crippen MR) is 124 cm³/mol. The van der Waals surface area contributed by atoms with Crippen LogP contribution >= 0.6 is 11.6 Å². The number of ether oxygens (including phenoxy) is 1. The molecule has 2 unspecified atom stereocenters. The minimum Gasteiger partial charge on any atom is -0.381 e. The van der Waals surface area contributed by atoms with Gasteiger partial charge in [0.2, 0.25) is 0 Å².